The topological polar surface area (TPSA) is 26.3 Å². The van der Waals surface area contributed by atoms with Crippen LogP contribution in [0.25, 0.3) is 5.57 Å². The van der Waals surface area contributed by atoms with E-state index in [0.29, 0.717) is 17.8 Å². The second-order valence-electron chi connectivity index (χ2n) is 9.68. The van der Waals surface area contributed by atoms with Crippen molar-refractivity contribution in [2.24, 2.45) is 29.1 Å². The van der Waals surface area contributed by atoms with Gasteiger partial charge in [0.25, 0.3) is 0 Å². The average Bonchev–Trinajstić information content (AvgIpc) is 3.31. The van der Waals surface area contributed by atoms with Gasteiger partial charge in [-0.3, -0.25) is 4.79 Å². The fraction of sp³-hybridized carbons (Fsp3) is 0.625. The highest BCUT2D eigenvalue weighted by Gasteiger charge is 2.50. The van der Waals surface area contributed by atoms with E-state index < -0.39 is 0 Å². The molecule has 0 aliphatic heterocycles. The zero-order valence-electron chi connectivity index (χ0n) is 17.2. The molecule has 1 fully saturated rings. The Balaban J connectivity index is 1.77. The van der Waals surface area contributed by atoms with E-state index in [1.54, 1.807) is 0 Å². The van der Waals surface area contributed by atoms with Crippen LogP contribution in [0.4, 0.5) is 0 Å². The summed E-state index contributed by atoms with van der Waals surface area (Å²) in [7, 11) is 0. The molecule has 0 aromatic heterocycles. The highest BCUT2D eigenvalue weighted by molar-refractivity contribution is 6.04. The van der Waals surface area contributed by atoms with Gasteiger partial charge in [0, 0.05) is 0 Å². The fourth-order valence-corrected chi connectivity index (χ4v) is 4.70. The predicted molar refractivity (Wildman–Crippen MR) is 108 cm³/mol. The van der Waals surface area contributed by atoms with Crippen molar-refractivity contribution in [3.05, 3.63) is 41.5 Å². The van der Waals surface area contributed by atoms with Crippen molar-refractivity contribution in [1.82, 2.24) is 0 Å². The lowest BCUT2D eigenvalue weighted by Crippen LogP contribution is -2.36. The Labute approximate surface area is 159 Å². The Hall–Kier alpha value is -1.57. The molecule has 1 saturated carbocycles. The molecule has 2 aliphatic carbocycles. The van der Waals surface area contributed by atoms with Gasteiger partial charge < -0.3 is 4.74 Å². The van der Waals surface area contributed by atoms with Crippen molar-refractivity contribution in [3.63, 3.8) is 0 Å². The van der Waals surface area contributed by atoms with Gasteiger partial charge in [0.15, 0.2) is 0 Å². The molecule has 26 heavy (non-hydrogen) atoms. The summed E-state index contributed by atoms with van der Waals surface area (Å²) in [6, 6.07) is 10.3. The van der Waals surface area contributed by atoms with E-state index in [1.807, 2.05) is 18.2 Å². The fourth-order valence-electron chi connectivity index (χ4n) is 4.70. The molecule has 2 nitrogen and oxygen atoms in total. The van der Waals surface area contributed by atoms with Crippen LogP contribution in [0.2, 0.25) is 0 Å². The average molecular weight is 355 g/mol. The van der Waals surface area contributed by atoms with Crippen LogP contribution in [0.15, 0.2) is 35.9 Å². The summed E-state index contributed by atoms with van der Waals surface area (Å²) < 4.78 is 6.16. The summed E-state index contributed by atoms with van der Waals surface area (Å²) in [5, 5.41) is 0. The molecule has 0 radical (unpaired) electrons. The maximum absolute atomic E-state index is 13.1. The SMILES string of the molecule is CC(C)[C@@H]1CC[C@@H](C)C[C@H]1OC(=O)[C@H]1C(c2ccccc2)=C1C(C)(C)C. The van der Waals surface area contributed by atoms with Gasteiger partial charge in [0.1, 0.15) is 12.0 Å². The number of carbonyl (C=O) groups is 1. The zero-order chi connectivity index (χ0) is 19.1. The molecule has 3 rings (SSSR count). The van der Waals surface area contributed by atoms with Crippen LogP contribution >= 0.6 is 0 Å². The van der Waals surface area contributed by atoms with Crippen LogP contribution in [-0.4, -0.2) is 12.1 Å². The third kappa shape index (κ3) is 3.89. The number of benzene rings is 1. The number of rotatable bonds is 4. The van der Waals surface area contributed by atoms with Crippen LogP contribution < -0.4 is 0 Å². The van der Waals surface area contributed by atoms with E-state index in [0.717, 1.165) is 12.0 Å². The Kier molecular flexibility index (Phi) is 5.33. The smallest absolute Gasteiger partial charge is 0.317 e. The molecule has 0 unspecified atom stereocenters. The van der Waals surface area contributed by atoms with Crippen molar-refractivity contribution in [3.8, 4) is 0 Å². The lowest BCUT2D eigenvalue weighted by Gasteiger charge is -2.36. The molecular formula is C24H34O2. The van der Waals surface area contributed by atoms with Crippen molar-refractivity contribution >= 4 is 11.5 Å². The lowest BCUT2D eigenvalue weighted by atomic mass is 9.75. The summed E-state index contributed by atoms with van der Waals surface area (Å²) >= 11 is 0. The van der Waals surface area contributed by atoms with Gasteiger partial charge in [-0.25, -0.2) is 0 Å². The minimum absolute atomic E-state index is 0.00777. The van der Waals surface area contributed by atoms with Crippen LogP contribution in [0.5, 0.6) is 0 Å². The predicted octanol–water partition coefficient (Wildman–Crippen LogP) is 6.12. The van der Waals surface area contributed by atoms with Crippen LogP contribution in [0.1, 0.15) is 66.4 Å². The van der Waals surface area contributed by atoms with Gasteiger partial charge in [0.2, 0.25) is 0 Å². The van der Waals surface area contributed by atoms with Crippen LogP contribution in [0, 0.1) is 29.1 Å². The number of hydrogen-bond donors (Lipinski definition) is 0. The molecule has 2 aliphatic rings. The monoisotopic (exact) mass is 354 g/mol. The molecule has 0 bridgehead atoms. The Morgan fingerprint density at radius 3 is 2.35 bits per heavy atom. The van der Waals surface area contributed by atoms with E-state index in [9.17, 15) is 4.79 Å². The summed E-state index contributed by atoms with van der Waals surface area (Å²) in [6.07, 6.45) is 3.51. The highest BCUT2D eigenvalue weighted by Crippen LogP contribution is 2.56. The first-order valence-corrected chi connectivity index (χ1v) is 10.2. The maximum Gasteiger partial charge on any atom is 0.317 e. The van der Waals surface area contributed by atoms with E-state index >= 15 is 0 Å². The van der Waals surface area contributed by atoms with E-state index in [2.05, 4.69) is 53.7 Å². The van der Waals surface area contributed by atoms with Crippen LogP contribution in [0.3, 0.4) is 0 Å². The summed E-state index contributed by atoms with van der Waals surface area (Å²) in [5.74, 6) is 1.52. The summed E-state index contributed by atoms with van der Waals surface area (Å²) in [5.41, 5.74) is 3.59. The molecule has 0 N–H and O–H groups in total. The number of esters is 1. The minimum Gasteiger partial charge on any atom is -0.461 e. The molecule has 1 aromatic carbocycles. The molecule has 1 aromatic rings. The normalized spacial score (nSPS) is 29.0. The van der Waals surface area contributed by atoms with E-state index in [1.165, 1.54) is 24.0 Å². The molecule has 0 saturated heterocycles. The molecule has 2 heteroatoms. The van der Waals surface area contributed by atoms with Crippen LogP contribution in [-0.2, 0) is 9.53 Å². The van der Waals surface area contributed by atoms with Gasteiger partial charge >= 0.3 is 5.97 Å². The summed E-state index contributed by atoms with van der Waals surface area (Å²) in [6.45, 7) is 13.4. The Bertz CT molecular complexity index is 678. The van der Waals surface area contributed by atoms with Crippen molar-refractivity contribution in [1.29, 1.82) is 0 Å². The first-order chi connectivity index (χ1) is 12.2. The second-order valence-corrected chi connectivity index (χ2v) is 9.68. The number of hydrogen-bond acceptors (Lipinski definition) is 2. The zero-order valence-corrected chi connectivity index (χ0v) is 17.2. The molecule has 4 atom stereocenters. The molecule has 142 valence electrons. The number of ether oxygens (including phenoxy) is 1. The second kappa shape index (κ2) is 7.21. The third-order valence-corrected chi connectivity index (χ3v) is 6.14. The highest BCUT2D eigenvalue weighted by atomic mass is 16.5. The molecular weight excluding hydrogens is 320 g/mol. The summed E-state index contributed by atoms with van der Waals surface area (Å²) in [4.78, 5) is 13.1. The van der Waals surface area contributed by atoms with E-state index in [-0.39, 0.29) is 23.4 Å². The van der Waals surface area contributed by atoms with Crippen molar-refractivity contribution < 1.29 is 9.53 Å². The first kappa shape index (κ1) is 19.2. The van der Waals surface area contributed by atoms with Crippen molar-refractivity contribution in [2.75, 3.05) is 0 Å². The van der Waals surface area contributed by atoms with Gasteiger partial charge in [-0.1, -0.05) is 78.3 Å². The van der Waals surface area contributed by atoms with Gasteiger partial charge in [-0.15, -0.1) is 0 Å². The molecule has 0 spiro atoms. The third-order valence-electron chi connectivity index (χ3n) is 6.14. The number of carbonyl (C=O) groups excluding carboxylic acids is 1. The van der Waals surface area contributed by atoms with Gasteiger partial charge in [-0.05, 0) is 52.7 Å². The minimum atomic E-state index is -0.151. The van der Waals surface area contributed by atoms with Gasteiger partial charge in [0.05, 0.1) is 0 Å². The largest absolute Gasteiger partial charge is 0.461 e. The first-order valence-electron chi connectivity index (χ1n) is 10.2. The van der Waals surface area contributed by atoms with E-state index in [4.69, 9.17) is 4.74 Å². The lowest BCUT2D eigenvalue weighted by molar-refractivity contribution is -0.156. The van der Waals surface area contributed by atoms with Gasteiger partial charge in [-0.2, -0.15) is 0 Å². The van der Waals surface area contributed by atoms with Crippen molar-refractivity contribution in [2.45, 2.75) is 66.9 Å². The Morgan fingerprint density at radius 1 is 1.12 bits per heavy atom. The standard InChI is InChI=1S/C24H34O2/c1-15(2)18-13-12-16(3)14-19(18)26-23(25)21-20(22(21)24(4,5)6)17-10-8-7-9-11-17/h7-11,15-16,18-19,21H,12-14H2,1-6H3/t16-,18+,19-,21+/m1/s1. The Morgan fingerprint density at radius 2 is 1.77 bits per heavy atom. The molecule has 0 heterocycles. The quantitative estimate of drug-likeness (QED) is 0.609. The molecule has 0 amide bonds. The maximum atomic E-state index is 13.1.